The minimum atomic E-state index is -0.0416. The highest BCUT2D eigenvalue weighted by Gasteiger charge is 2.42. The van der Waals surface area contributed by atoms with Gasteiger partial charge in [-0.05, 0) is 25.7 Å². The normalized spacial score (nSPS) is 23.4. The maximum absolute atomic E-state index is 11.9. The van der Waals surface area contributed by atoms with Gasteiger partial charge in [0.15, 0.2) is 0 Å². The molecule has 2 aliphatic rings. The number of amides is 4. The molecule has 2 rings (SSSR count). The van der Waals surface area contributed by atoms with E-state index in [-0.39, 0.29) is 29.9 Å². The molecule has 9 heteroatoms. The summed E-state index contributed by atoms with van der Waals surface area (Å²) >= 11 is 3.98. The number of urea groups is 1. The van der Waals surface area contributed by atoms with Crippen LogP contribution in [0, 0.1) is 0 Å². The van der Waals surface area contributed by atoms with Crippen LogP contribution < -0.4 is 21.3 Å². The van der Waals surface area contributed by atoms with Crippen LogP contribution in [0.15, 0.2) is 0 Å². The molecule has 27 heavy (non-hydrogen) atoms. The summed E-state index contributed by atoms with van der Waals surface area (Å²) in [6.07, 6.45) is 7.68. The highest BCUT2D eigenvalue weighted by atomic mass is 127. The molecule has 0 radical (unpaired) electrons. The second-order valence-electron chi connectivity index (χ2n) is 7.12. The Balaban J connectivity index is 1.39. The molecular weight excluding hydrogens is 479 g/mol. The second kappa shape index (κ2) is 12.7. The van der Waals surface area contributed by atoms with E-state index in [2.05, 4.69) is 43.9 Å². The highest BCUT2D eigenvalue weighted by molar-refractivity contribution is 14.1. The maximum atomic E-state index is 11.9. The lowest BCUT2D eigenvalue weighted by molar-refractivity contribution is -0.121. The van der Waals surface area contributed by atoms with Crippen molar-refractivity contribution in [1.29, 1.82) is 0 Å². The lowest BCUT2D eigenvalue weighted by atomic mass is 10.0. The van der Waals surface area contributed by atoms with Gasteiger partial charge in [-0.3, -0.25) is 9.59 Å². The number of hydrogen-bond acceptors (Lipinski definition) is 4. The summed E-state index contributed by atoms with van der Waals surface area (Å²) in [4.78, 5) is 34.3. The van der Waals surface area contributed by atoms with E-state index in [0.717, 1.165) is 63.8 Å². The molecule has 0 aromatic carbocycles. The average Bonchev–Trinajstić information content (AvgIpc) is 3.20. The smallest absolute Gasteiger partial charge is 0.315 e. The first-order chi connectivity index (χ1) is 13.1. The molecule has 2 heterocycles. The molecule has 3 atom stereocenters. The number of alkyl halides is 1. The van der Waals surface area contributed by atoms with Crippen LogP contribution in [0.5, 0.6) is 0 Å². The van der Waals surface area contributed by atoms with Crippen LogP contribution in [0.25, 0.3) is 0 Å². The number of halogens is 1. The Kier molecular flexibility index (Phi) is 10.6. The molecular formula is C18H31IN4O3S. The van der Waals surface area contributed by atoms with Crippen LogP contribution in [0.2, 0.25) is 0 Å². The summed E-state index contributed by atoms with van der Waals surface area (Å²) in [6.45, 7) is 1.48. The Morgan fingerprint density at radius 1 is 1.00 bits per heavy atom. The Hall–Kier alpha value is -0.710. The first-order valence-corrected chi connectivity index (χ1v) is 12.5. The zero-order valence-electron chi connectivity index (χ0n) is 15.7. The van der Waals surface area contributed by atoms with Crippen molar-refractivity contribution in [2.75, 3.05) is 23.3 Å². The van der Waals surface area contributed by atoms with E-state index in [1.165, 1.54) is 0 Å². The van der Waals surface area contributed by atoms with Crippen molar-refractivity contribution in [3.8, 4) is 0 Å². The molecule has 0 bridgehead atoms. The third-order valence-corrected chi connectivity index (χ3v) is 7.15. The fraction of sp³-hybridized carbons (Fsp3) is 0.833. The third kappa shape index (κ3) is 8.45. The van der Waals surface area contributed by atoms with Crippen LogP contribution >= 0.6 is 34.4 Å². The number of carbonyl (C=O) groups is 3. The number of unbranched alkanes of at least 4 members (excludes halogenated alkanes) is 4. The highest BCUT2D eigenvalue weighted by Crippen LogP contribution is 2.33. The molecule has 4 N–H and O–H groups in total. The van der Waals surface area contributed by atoms with Crippen molar-refractivity contribution in [3.63, 3.8) is 0 Å². The lowest BCUT2D eigenvalue weighted by Gasteiger charge is -2.16. The lowest BCUT2D eigenvalue weighted by Crippen LogP contribution is -2.36. The summed E-state index contributed by atoms with van der Waals surface area (Å²) in [5, 5.41) is 12.3. The van der Waals surface area contributed by atoms with Crippen LogP contribution in [-0.2, 0) is 9.59 Å². The number of nitrogens with one attached hydrogen (secondary N) is 4. The van der Waals surface area contributed by atoms with Crippen LogP contribution in [0.1, 0.15) is 51.4 Å². The monoisotopic (exact) mass is 510 g/mol. The van der Waals surface area contributed by atoms with Crippen molar-refractivity contribution in [2.45, 2.75) is 68.7 Å². The molecule has 4 amide bonds. The first kappa shape index (κ1) is 22.6. The van der Waals surface area contributed by atoms with Gasteiger partial charge in [-0.2, -0.15) is 11.8 Å². The van der Waals surface area contributed by atoms with Gasteiger partial charge in [0.2, 0.25) is 11.8 Å². The van der Waals surface area contributed by atoms with Crippen molar-refractivity contribution in [1.82, 2.24) is 21.3 Å². The van der Waals surface area contributed by atoms with Gasteiger partial charge in [-0.1, -0.05) is 41.9 Å². The number of hydrogen-bond donors (Lipinski definition) is 4. The number of fused-ring (bicyclic) bond motifs is 1. The summed E-state index contributed by atoms with van der Waals surface area (Å²) in [5.41, 5.74) is 0. The molecule has 2 fully saturated rings. The van der Waals surface area contributed by atoms with Gasteiger partial charge in [-0.15, -0.1) is 0 Å². The van der Waals surface area contributed by atoms with Crippen molar-refractivity contribution >= 4 is 52.2 Å². The molecule has 0 saturated carbocycles. The molecule has 0 aliphatic carbocycles. The SMILES string of the molecule is O=C(CI)NCCCCCCNC(=O)CCCC[C@H]1SC[C@@H]2NC(=O)N[C@@H]21. The zero-order valence-corrected chi connectivity index (χ0v) is 18.7. The fourth-order valence-corrected chi connectivity index (χ4v) is 5.28. The van der Waals surface area contributed by atoms with Crippen molar-refractivity contribution < 1.29 is 14.4 Å². The van der Waals surface area contributed by atoms with Gasteiger partial charge in [0.25, 0.3) is 0 Å². The predicted molar refractivity (Wildman–Crippen MR) is 117 cm³/mol. The standard InChI is InChI=1S/C18H31IN4O3S/c19-11-16(25)21-10-6-2-1-5-9-20-15(24)8-4-3-7-14-17-13(12-27-14)22-18(26)23-17/h13-14,17H,1-12H2,(H,20,24)(H,21,25)(H2,22,23,26)/t13-,14+,17-/m0/s1. The summed E-state index contributed by atoms with van der Waals surface area (Å²) < 4.78 is 0.512. The van der Waals surface area contributed by atoms with Gasteiger partial charge in [0.05, 0.1) is 16.5 Å². The van der Waals surface area contributed by atoms with E-state index in [9.17, 15) is 14.4 Å². The summed E-state index contributed by atoms with van der Waals surface area (Å²) in [7, 11) is 0. The predicted octanol–water partition coefficient (Wildman–Crippen LogP) is 1.94. The second-order valence-corrected chi connectivity index (χ2v) is 9.15. The zero-order chi connectivity index (χ0) is 19.5. The Bertz CT molecular complexity index is 509. The van der Waals surface area contributed by atoms with E-state index in [1.807, 2.05) is 11.8 Å². The van der Waals surface area contributed by atoms with E-state index < -0.39 is 0 Å². The Morgan fingerprint density at radius 2 is 1.70 bits per heavy atom. The Morgan fingerprint density at radius 3 is 2.41 bits per heavy atom. The van der Waals surface area contributed by atoms with Crippen LogP contribution in [-0.4, -0.2) is 58.4 Å². The molecule has 0 aromatic rings. The fourth-order valence-electron chi connectivity index (χ4n) is 3.47. The summed E-state index contributed by atoms with van der Waals surface area (Å²) in [5.74, 6) is 1.22. The number of carbonyl (C=O) groups excluding carboxylic acids is 3. The van der Waals surface area contributed by atoms with Crippen LogP contribution in [0.3, 0.4) is 0 Å². The molecule has 0 unspecified atom stereocenters. The van der Waals surface area contributed by atoms with E-state index in [4.69, 9.17) is 0 Å². The third-order valence-electron chi connectivity index (χ3n) is 4.95. The molecule has 0 aromatic heterocycles. The topological polar surface area (TPSA) is 99.3 Å². The van der Waals surface area contributed by atoms with E-state index >= 15 is 0 Å². The average molecular weight is 510 g/mol. The molecule has 0 spiro atoms. The van der Waals surface area contributed by atoms with E-state index in [1.54, 1.807) is 0 Å². The van der Waals surface area contributed by atoms with Crippen LogP contribution in [0.4, 0.5) is 4.79 Å². The van der Waals surface area contributed by atoms with E-state index in [0.29, 0.717) is 16.1 Å². The molecule has 7 nitrogen and oxygen atoms in total. The Labute approximate surface area is 179 Å². The van der Waals surface area contributed by atoms with Gasteiger partial charge >= 0.3 is 6.03 Å². The largest absolute Gasteiger partial charge is 0.356 e. The number of thioether (sulfide) groups is 1. The first-order valence-electron chi connectivity index (χ1n) is 9.88. The quantitative estimate of drug-likeness (QED) is 0.132. The van der Waals surface area contributed by atoms with Gasteiger partial charge in [0.1, 0.15) is 0 Å². The van der Waals surface area contributed by atoms with Gasteiger partial charge in [0, 0.05) is 30.5 Å². The van der Waals surface area contributed by atoms with Gasteiger partial charge < -0.3 is 21.3 Å². The molecule has 154 valence electrons. The minimum Gasteiger partial charge on any atom is -0.356 e. The molecule has 2 aliphatic heterocycles. The summed E-state index contributed by atoms with van der Waals surface area (Å²) in [6, 6.07) is 0.490. The minimum absolute atomic E-state index is 0.0416. The van der Waals surface area contributed by atoms with Crippen molar-refractivity contribution in [2.24, 2.45) is 0 Å². The van der Waals surface area contributed by atoms with Gasteiger partial charge in [-0.25, -0.2) is 4.79 Å². The maximum Gasteiger partial charge on any atom is 0.315 e. The van der Waals surface area contributed by atoms with Crippen molar-refractivity contribution in [3.05, 3.63) is 0 Å². The number of rotatable bonds is 13. The molecule has 2 saturated heterocycles.